The average molecular weight is 1130 g/mol. The lowest BCUT2D eigenvalue weighted by Gasteiger charge is -2.26. The van der Waals surface area contributed by atoms with Gasteiger partial charge in [-0.2, -0.15) is 0 Å². The number of hydrogen-bond donors (Lipinski definition) is 4. The summed E-state index contributed by atoms with van der Waals surface area (Å²) in [5, 5.41) is 12.9. The normalized spacial score (nSPS) is 27.0. The van der Waals surface area contributed by atoms with Crippen LogP contribution in [0.15, 0.2) is 103 Å². The van der Waals surface area contributed by atoms with Crippen molar-refractivity contribution in [2.24, 2.45) is 5.11 Å². The van der Waals surface area contributed by atoms with Crippen LogP contribution in [0, 0.1) is 0 Å². The monoisotopic (exact) mass is 1130 g/mol. The van der Waals surface area contributed by atoms with Crippen molar-refractivity contribution in [1.82, 2.24) is 19.9 Å². The Labute approximate surface area is 435 Å². The third-order valence-corrected chi connectivity index (χ3v) is 15.1. The van der Waals surface area contributed by atoms with Crippen molar-refractivity contribution >= 4 is 53.7 Å². The number of anilines is 4. The summed E-state index contributed by atoms with van der Waals surface area (Å²) in [5.41, 5.74) is 10.1. The van der Waals surface area contributed by atoms with Gasteiger partial charge in [0.25, 0.3) is 0 Å². The number of ether oxygens (including phenoxy) is 4. The molecule has 4 aliphatic rings. The Balaban J connectivity index is 0.000000185. The molecule has 0 bridgehead atoms. The highest BCUT2D eigenvalue weighted by Crippen LogP contribution is 2.41. The van der Waals surface area contributed by atoms with Crippen molar-refractivity contribution in [3.05, 3.63) is 109 Å². The summed E-state index contributed by atoms with van der Waals surface area (Å²) < 4.78 is 88.4. The number of pyridine rings is 4. The van der Waals surface area contributed by atoms with Gasteiger partial charge < -0.3 is 77.0 Å². The van der Waals surface area contributed by atoms with E-state index in [4.69, 9.17) is 42.6 Å². The third kappa shape index (κ3) is 24.6. The Morgan fingerprint density at radius 3 is 1.03 bits per heavy atom. The van der Waals surface area contributed by atoms with Crippen LogP contribution >= 0.6 is 31.0 Å². The van der Waals surface area contributed by atoms with Gasteiger partial charge in [-0.3, -0.25) is 38.2 Å². The second kappa shape index (κ2) is 30.5. The maximum atomic E-state index is 11.8. The Morgan fingerprint density at radius 1 is 0.493 bits per heavy atom. The quantitative estimate of drug-likeness (QED) is 0.0300. The van der Waals surface area contributed by atoms with Gasteiger partial charge in [0, 0.05) is 77.2 Å². The van der Waals surface area contributed by atoms with E-state index in [1.807, 2.05) is 27.7 Å². The third-order valence-electron chi connectivity index (χ3n) is 11.1. The molecule has 0 aromatic carbocycles. The topological polar surface area (TPSA) is 383 Å². The number of hydrogen-bond acceptors (Lipinski definition) is 21. The van der Waals surface area contributed by atoms with Crippen molar-refractivity contribution in [2.75, 3.05) is 46.8 Å². The van der Waals surface area contributed by atoms with E-state index in [-0.39, 0.29) is 69.2 Å². The number of rotatable bonds is 21. The van der Waals surface area contributed by atoms with E-state index in [1.165, 1.54) is 61.7 Å². The molecule has 13 atom stereocenters. The molecule has 75 heavy (non-hydrogen) atoms. The standard InChI is InChI=1S/C11H16N5O4P.3C11H17N2O4P/c1-8-6-10(14-16-12)11(20-8)7-19-21(17,18)15-9-2-4-13-5-3-9;3*1-9-2-3-11(17-9)8-16-18(14,15)13-10-4-6-12-7-5-10/h2-5,8,10-11H,6-7H2,1H3,(H2,13,15,17,18);3*4-7,9,11H,2-3,8H2,1H3,(H2,12,13,14,15)/p-4/t8-,10?,11+;3*9-,11-/m0000/s1. The molecule has 0 spiro atoms. The summed E-state index contributed by atoms with van der Waals surface area (Å²) >= 11 is 0. The molecule has 4 aliphatic heterocycles. The molecule has 0 saturated carbocycles. The zero-order chi connectivity index (χ0) is 54.3. The van der Waals surface area contributed by atoms with E-state index < -0.39 is 43.1 Å². The van der Waals surface area contributed by atoms with E-state index in [0.717, 1.165) is 38.5 Å². The predicted molar refractivity (Wildman–Crippen MR) is 268 cm³/mol. The molecular formula is C44H63N11O16P4-4. The summed E-state index contributed by atoms with van der Waals surface area (Å²) in [7, 11) is -16.6. The molecule has 414 valence electrons. The maximum Gasteiger partial charge on any atom is 0.229 e. The van der Waals surface area contributed by atoms with Gasteiger partial charge in [0.05, 0.1) is 81.3 Å². The Morgan fingerprint density at radius 2 is 0.773 bits per heavy atom. The zero-order valence-electron chi connectivity index (χ0n) is 41.7. The Hall–Kier alpha value is -4.45. The van der Waals surface area contributed by atoms with Gasteiger partial charge in [-0.1, -0.05) is 5.11 Å². The van der Waals surface area contributed by atoms with Crippen LogP contribution in [0.2, 0.25) is 0 Å². The first-order valence-corrected chi connectivity index (χ1v) is 30.0. The van der Waals surface area contributed by atoms with Crippen molar-refractivity contribution in [3.63, 3.8) is 0 Å². The minimum Gasteiger partial charge on any atom is -0.762 e. The fourth-order valence-corrected chi connectivity index (χ4v) is 11.0. The molecular weight excluding hydrogens is 1060 g/mol. The number of nitrogens with one attached hydrogen (secondary N) is 4. The fourth-order valence-electron chi connectivity index (χ4n) is 7.48. The number of nitrogens with zero attached hydrogens (tertiary/aromatic N) is 7. The molecule has 4 aromatic rings. The molecule has 8 rings (SSSR count). The maximum absolute atomic E-state index is 11.8. The van der Waals surface area contributed by atoms with Gasteiger partial charge >= 0.3 is 0 Å². The first-order chi connectivity index (χ1) is 35.7. The lowest BCUT2D eigenvalue weighted by Crippen LogP contribution is -2.27. The van der Waals surface area contributed by atoms with E-state index >= 15 is 0 Å². The van der Waals surface area contributed by atoms with E-state index in [9.17, 15) is 37.8 Å². The van der Waals surface area contributed by atoms with Crippen molar-refractivity contribution in [3.8, 4) is 0 Å². The van der Waals surface area contributed by atoms with E-state index in [0.29, 0.717) is 29.2 Å². The SMILES string of the molecule is C[C@H]1CC(N=[N+]=[N-])[C@@H](COP(=O)([O-])Nc2ccncc2)O1.C[C@H]1CC[C@@H](COP(=O)([O-])Nc2ccncc2)O1.C[C@H]1CC[C@@H](COP(=O)([O-])Nc2ccncc2)O1.C[C@H]1CC[C@@H](COP(=O)([O-])Nc2ccncc2)O1. The largest absolute Gasteiger partial charge is 0.762 e. The van der Waals surface area contributed by atoms with Crippen LogP contribution in [-0.2, 0) is 55.3 Å². The second-order valence-corrected chi connectivity index (χ2v) is 23.4. The summed E-state index contributed by atoms with van der Waals surface area (Å²) in [6.07, 6.45) is 17.2. The molecule has 4 saturated heterocycles. The van der Waals surface area contributed by atoms with Gasteiger partial charge in [-0.15, -0.1) is 0 Å². The predicted octanol–water partition coefficient (Wildman–Crippen LogP) is 6.47. The highest BCUT2D eigenvalue weighted by Gasteiger charge is 2.33. The lowest BCUT2D eigenvalue weighted by molar-refractivity contribution is -0.200. The molecule has 4 fully saturated rings. The molecule has 0 radical (unpaired) electrons. The molecule has 27 nitrogen and oxygen atoms in total. The fraction of sp³-hybridized carbons (Fsp3) is 0.545. The Kier molecular flexibility index (Phi) is 25.0. The molecule has 0 amide bonds. The molecule has 0 aliphatic carbocycles. The first-order valence-electron chi connectivity index (χ1n) is 23.9. The molecule has 4 aromatic heterocycles. The molecule has 31 heteroatoms. The Bertz CT molecular complexity index is 2350. The lowest BCUT2D eigenvalue weighted by atomic mass is 10.1. The first kappa shape index (κ1) is 61.4. The van der Waals surface area contributed by atoms with Crippen LogP contribution < -0.4 is 39.9 Å². The number of aromatic nitrogens is 4. The van der Waals surface area contributed by atoms with Crippen LogP contribution in [0.4, 0.5) is 22.7 Å². The van der Waals surface area contributed by atoms with Crippen LogP contribution in [0.3, 0.4) is 0 Å². The van der Waals surface area contributed by atoms with Gasteiger partial charge in [0.1, 0.15) is 0 Å². The second-order valence-electron chi connectivity index (χ2n) is 17.5. The molecule has 5 unspecified atom stereocenters. The van der Waals surface area contributed by atoms with Gasteiger partial charge in [0.15, 0.2) is 0 Å². The highest BCUT2D eigenvalue weighted by molar-refractivity contribution is 7.53. The van der Waals surface area contributed by atoms with Crippen LogP contribution in [0.25, 0.3) is 10.4 Å². The highest BCUT2D eigenvalue weighted by atomic mass is 31.2. The van der Waals surface area contributed by atoms with E-state index in [2.05, 4.69) is 50.3 Å². The van der Waals surface area contributed by atoms with Crippen LogP contribution in [0.1, 0.15) is 72.6 Å². The summed E-state index contributed by atoms with van der Waals surface area (Å²) in [4.78, 5) is 64.7. The van der Waals surface area contributed by atoms with Crippen molar-refractivity contribution in [1.29, 1.82) is 0 Å². The van der Waals surface area contributed by atoms with Gasteiger partial charge in [-0.25, -0.2) is 0 Å². The summed E-state index contributed by atoms with van der Waals surface area (Å²) in [5.74, 6) is 0. The zero-order valence-corrected chi connectivity index (χ0v) is 45.2. The smallest absolute Gasteiger partial charge is 0.229 e. The van der Waals surface area contributed by atoms with E-state index in [1.54, 1.807) is 36.4 Å². The number of azide groups is 1. The van der Waals surface area contributed by atoms with Crippen LogP contribution in [0.5, 0.6) is 0 Å². The van der Waals surface area contributed by atoms with Crippen LogP contribution in [-0.4, -0.2) is 101 Å². The summed E-state index contributed by atoms with van der Waals surface area (Å²) in [6.45, 7) is 7.69. The van der Waals surface area contributed by atoms with Crippen molar-refractivity contribution in [2.45, 2.75) is 128 Å². The average Bonchev–Trinajstić information content (AvgIpc) is 4.18. The molecule has 8 heterocycles. The summed E-state index contributed by atoms with van der Waals surface area (Å²) in [6, 6.07) is 11.9. The van der Waals surface area contributed by atoms with Gasteiger partial charge in [0.2, 0.25) is 31.0 Å². The van der Waals surface area contributed by atoms with Gasteiger partial charge in [-0.05, 0) is 127 Å². The van der Waals surface area contributed by atoms with Crippen molar-refractivity contribution < 1.29 is 74.9 Å². The minimum atomic E-state index is -4.27. The minimum absolute atomic E-state index is 0.0587. The molecule has 4 N–H and O–H groups in total.